The van der Waals surface area contributed by atoms with Crippen molar-refractivity contribution in [2.24, 2.45) is 0 Å². The molecule has 0 saturated heterocycles. The third-order valence-electron chi connectivity index (χ3n) is 3.38. The molecule has 0 amide bonds. The zero-order valence-corrected chi connectivity index (χ0v) is 13.4. The van der Waals surface area contributed by atoms with Crippen molar-refractivity contribution < 1.29 is 9.59 Å². The van der Waals surface area contributed by atoms with Gasteiger partial charge in [0, 0.05) is 20.1 Å². The van der Waals surface area contributed by atoms with Gasteiger partial charge in [-0.2, -0.15) is 0 Å². The molecule has 0 saturated carbocycles. The Labute approximate surface area is 132 Å². The Kier molecular flexibility index (Phi) is 3.44. The highest BCUT2D eigenvalue weighted by molar-refractivity contribution is 9.11. The van der Waals surface area contributed by atoms with Gasteiger partial charge in [0.15, 0.2) is 12.6 Å². The number of hydrogen-bond acceptors (Lipinski definition) is 2. The van der Waals surface area contributed by atoms with Crippen LogP contribution in [0.5, 0.6) is 0 Å². The van der Waals surface area contributed by atoms with Gasteiger partial charge in [0.05, 0.1) is 0 Å². The van der Waals surface area contributed by atoms with Crippen molar-refractivity contribution in [3.8, 4) is 0 Å². The number of rotatable bonds is 2. The molecule has 0 aliphatic rings. The van der Waals surface area contributed by atoms with Gasteiger partial charge in [0.1, 0.15) is 0 Å². The number of carbonyl (C=O) groups excluding carboxylic acids is 2. The molecule has 3 aromatic carbocycles. The Hall–Kier alpha value is -1.52. The second-order valence-electron chi connectivity index (χ2n) is 4.43. The lowest BCUT2D eigenvalue weighted by Crippen LogP contribution is -1.88. The SMILES string of the molecule is O=Cc1ccc2c(ccc3c(Br)c(C=O)ccc32)c1Br. The third-order valence-corrected chi connectivity index (χ3v) is 5.15. The summed E-state index contributed by atoms with van der Waals surface area (Å²) in [6.07, 6.45) is 1.66. The molecule has 0 radical (unpaired) electrons. The van der Waals surface area contributed by atoms with E-state index in [0.29, 0.717) is 11.1 Å². The number of carbonyl (C=O) groups is 2. The van der Waals surface area contributed by atoms with Crippen LogP contribution in [0.25, 0.3) is 21.5 Å². The second-order valence-corrected chi connectivity index (χ2v) is 6.02. The average Bonchev–Trinajstić information content (AvgIpc) is 2.48. The lowest BCUT2D eigenvalue weighted by atomic mass is 9.99. The first-order valence-corrected chi connectivity index (χ1v) is 7.49. The van der Waals surface area contributed by atoms with Gasteiger partial charge in [-0.25, -0.2) is 0 Å². The van der Waals surface area contributed by atoms with Crippen LogP contribution < -0.4 is 0 Å². The molecule has 0 aromatic heterocycles. The third kappa shape index (κ3) is 1.91. The fraction of sp³-hybridized carbons (Fsp3) is 0. The van der Waals surface area contributed by atoms with E-state index in [-0.39, 0.29) is 0 Å². The topological polar surface area (TPSA) is 34.1 Å². The summed E-state index contributed by atoms with van der Waals surface area (Å²) in [5.74, 6) is 0. The van der Waals surface area contributed by atoms with Crippen LogP contribution in [0.3, 0.4) is 0 Å². The molecule has 4 heteroatoms. The molecule has 0 spiro atoms. The standard InChI is InChI=1S/C16H8Br2O2/c17-15-9(7-19)1-3-11-12-4-2-10(8-20)16(18)14(12)6-5-13(11)15/h1-8H. The van der Waals surface area contributed by atoms with Crippen LogP contribution in [0.4, 0.5) is 0 Å². The molecule has 0 bridgehead atoms. The van der Waals surface area contributed by atoms with Crippen LogP contribution >= 0.6 is 31.9 Å². The Bertz CT molecular complexity index is 797. The highest BCUT2D eigenvalue weighted by atomic mass is 79.9. The molecule has 2 nitrogen and oxygen atoms in total. The minimum Gasteiger partial charge on any atom is -0.298 e. The van der Waals surface area contributed by atoms with E-state index >= 15 is 0 Å². The van der Waals surface area contributed by atoms with Crippen LogP contribution in [0.2, 0.25) is 0 Å². The molecule has 0 heterocycles. The molecule has 0 aliphatic carbocycles. The fourth-order valence-electron chi connectivity index (χ4n) is 2.36. The van der Waals surface area contributed by atoms with Crippen LogP contribution in [-0.2, 0) is 0 Å². The summed E-state index contributed by atoms with van der Waals surface area (Å²) in [7, 11) is 0. The van der Waals surface area contributed by atoms with Crippen molar-refractivity contribution in [2.75, 3.05) is 0 Å². The molecule has 0 atom stereocenters. The van der Waals surface area contributed by atoms with E-state index in [9.17, 15) is 9.59 Å². The van der Waals surface area contributed by atoms with E-state index < -0.39 is 0 Å². The van der Waals surface area contributed by atoms with Gasteiger partial charge in [0.2, 0.25) is 0 Å². The predicted molar refractivity (Wildman–Crippen MR) is 87.6 cm³/mol. The van der Waals surface area contributed by atoms with Gasteiger partial charge in [0.25, 0.3) is 0 Å². The van der Waals surface area contributed by atoms with Gasteiger partial charge >= 0.3 is 0 Å². The van der Waals surface area contributed by atoms with E-state index in [1.54, 1.807) is 12.1 Å². The van der Waals surface area contributed by atoms with Crippen molar-refractivity contribution in [1.82, 2.24) is 0 Å². The van der Waals surface area contributed by atoms with Crippen LogP contribution in [0.1, 0.15) is 20.7 Å². The van der Waals surface area contributed by atoms with Crippen molar-refractivity contribution in [3.05, 3.63) is 56.5 Å². The van der Waals surface area contributed by atoms with Crippen LogP contribution in [0.15, 0.2) is 45.3 Å². The predicted octanol–water partition coefficient (Wildman–Crippen LogP) is 5.14. The summed E-state index contributed by atoms with van der Waals surface area (Å²) in [4.78, 5) is 22.0. The number of benzene rings is 3. The summed E-state index contributed by atoms with van der Waals surface area (Å²) >= 11 is 6.95. The first-order chi connectivity index (χ1) is 9.67. The van der Waals surface area contributed by atoms with Crippen molar-refractivity contribution in [1.29, 1.82) is 0 Å². The summed E-state index contributed by atoms with van der Waals surface area (Å²) in [5.41, 5.74) is 1.25. The maximum atomic E-state index is 11.0. The molecule has 0 unspecified atom stereocenters. The van der Waals surface area contributed by atoms with Crippen LogP contribution in [-0.4, -0.2) is 12.6 Å². The Morgan fingerprint density at radius 1 is 0.600 bits per heavy atom. The molecule has 98 valence electrons. The van der Waals surface area contributed by atoms with Gasteiger partial charge in [-0.15, -0.1) is 0 Å². The normalized spacial score (nSPS) is 10.9. The number of hydrogen-bond donors (Lipinski definition) is 0. The van der Waals surface area contributed by atoms with E-state index in [0.717, 1.165) is 43.1 Å². The molecule has 20 heavy (non-hydrogen) atoms. The minimum absolute atomic E-state index is 0.625. The fourth-order valence-corrected chi connectivity index (χ4v) is 3.51. The Balaban J connectivity index is 2.49. The van der Waals surface area contributed by atoms with Crippen molar-refractivity contribution >= 4 is 66.0 Å². The largest absolute Gasteiger partial charge is 0.298 e. The maximum Gasteiger partial charge on any atom is 0.151 e. The monoisotopic (exact) mass is 390 g/mol. The van der Waals surface area contributed by atoms with Crippen molar-refractivity contribution in [3.63, 3.8) is 0 Å². The highest BCUT2D eigenvalue weighted by Gasteiger charge is 2.10. The molecule has 3 rings (SSSR count). The van der Waals surface area contributed by atoms with E-state index in [2.05, 4.69) is 31.9 Å². The van der Waals surface area contributed by atoms with Gasteiger partial charge in [-0.3, -0.25) is 9.59 Å². The first-order valence-electron chi connectivity index (χ1n) is 5.91. The summed E-state index contributed by atoms with van der Waals surface area (Å²) < 4.78 is 1.59. The lowest BCUT2D eigenvalue weighted by molar-refractivity contribution is 0.111. The van der Waals surface area contributed by atoms with Gasteiger partial charge in [-0.05, 0) is 65.5 Å². The quantitative estimate of drug-likeness (QED) is 0.447. The average molecular weight is 392 g/mol. The molecular weight excluding hydrogens is 384 g/mol. The summed E-state index contributed by atoms with van der Waals surface area (Å²) in [5, 5.41) is 4.04. The summed E-state index contributed by atoms with van der Waals surface area (Å²) in [6, 6.07) is 11.3. The lowest BCUT2D eigenvalue weighted by Gasteiger charge is -2.09. The zero-order chi connectivity index (χ0) is 14.3. The number of fused-ring (bicyclic) bond motifs is 3. The van der Waals surface area contributed by atoms with E-state index in [4.69, 9.17) is 0 Å². The minimum atomic E-state index is 0.625. The summed E-state index contributed by atoms with van der Waals surface area (Å²) in [6.45, 7) is 0. The number of halogens is 2. The molecule has 3 aromatic rings. The molecule has 0 fully saturated rings. The highest BCUT2D eigenvalue weighted by Crippen LogP contribution is 2.35. The van der Waals surface area contributed by atoms with Crippen molar-refractivity contribution in [2.45, 2.75) is 0 Å². The molecular formula is C16H8Br2O2. The smallest absolute Gasteiger partial charge is 0.151 e. The molecule has 0 aliphatic heterocycles. The number of aldehydes is 2. The van der Waals surface area contributed by atoms with E-state index in [1.807, 2.05) is 24.3 Å². The first kappa shape index (κ1) is 13.5. The maximum absolute atomic E-state index is 11.0. The van der Waals surface area contributed by atoms with Gasteiger partial charge < -0.3 is 0 Å². The van der Waals surface area contributed by atoms with Crippen LogP contribution in [0, 0.1) is 0 Å². The zero-order valence-electron chi connectivity index (χ0n) is 10.2. The Morgan fingerprint density at radius 3 is 1.30 bits per heavy atom. The second kappa shape index (κ2) is 5.11. The van der Waals surface area contributed by atoms with E-state index in [1.165, 1.54) is 0 Å². The Morgan fingerprint density at radius 2 is 0.950 bits per heavy atom. The van der Waals surface area contributed by atoms with Gasteiger partial charge in [-0.1, -0.05) is 24.3 Å². The molecule has 0 N–H and O–H groups in total.